The van der Waals surface area contributed by atoms with Crippen molar-refractivity contribution in [3.8, 4) is 11.8 Å². The third-order valence-electron chi connectivity index (χ3n) is 2.75. The molecule has 0 aliphatic heterocycles. The van der Waals surface area contributed by atoms with Crippen LogP contribution >= 0.6 is 0 Å². The van der Waals surface area contributed by atoms with Crippen molar-refractivity contribution in [2.75, 3.05) is 0 Å². The van der Waals surface area contributed by atoms with E-state index in [1.807, 2.05) is 12.3 Å². The maximum atomic E-state index is 9.60. The minimum atomic E-state index is -0.910. The third kappa shape index (κ3) is 2.62. The van der Waals surface area contributed by atoms with Crippen LogP contribution in [0.1, 0.15) is 43.9 Å². The second-order valence-corrected chi connectivity index (χ2v) is 4.82. The molecule has 1 aromatic heterocycles. The Morgan fingerprint density at radius 2 is 2.31 bits per heavy atom. The van der Waals surface area contributed by atoms with Gasteiger partial charge in [0.1, 0.15) is 5.60 Å². The van der Waals surface area contributed by atoms with Crippen molar-refractivity contribution in [2.45, 2.75) is 44.6 Å². The van der Waals surface area contributed by atoms with Gasteiger partial charge in [-0.05, 0) is 44.7 Å². The van der Waals surface area contributed by atoms with Crippen molar-refractivity contribution < 1.29 is 5.11 Å². The molecular weight excluding hydrogens is 198 g/mol. The lowest BCUT2D eigenvalue weighted by Crippen LogP contribution is -2.16. The highest BCUT2D eigenvalue weighted by Gasteiger charge is 2.19. The molecule has 1 aliphatic carbocycles. The van der Waals surface area contributed by atoms with Gasteiger partial charge >= 0.3 is 0 Å². The van der Waals surface area contributed by atoms with Crippen molar-refractivity contribution in [2.24, 2.45) is 0 Å². The Morgan fingerprint density at radius 1 is 1.50 bits per heavy atom. The molecule has 1 N–H and O–H groups in total. The molecule has 2 heteroatoms. The summed E-state index contributed by atoms with van der Waals surface area (Å²) in [6.07, 6.45) is 5.13. The molecule has 1 heterocycles. The summed E-state index contributed by atoms with van der Waals surface area (Å²) >= 11 is 0. The highest BCUT2D eigenvalue weighted by atomic mass is 16.3. The summed E-state index contributed by atoms with van der Waals surface area (Å²) in [5.41, 5.74) is 1.50. The van der Waals surface area contributed by atoms with Crippen LogP contribution < -0.4 is 0 Å². The first-order valence-corrected chi connectivity index (χ1v) is 5.75. The molecule has 1 unspecified atom stereocenters. The van der Waals surface area contributed by atoms with E-state index in [4.69, 9.17) is 0 Å². The standard InChI is InChI=1S/C14H17NO/c1-14(2,16)9-8-12-6-3-5-11-7-4-10-15-13(11)12/h4,7,10,12,16H,3,5-6H2,1-2H3. The first-order chi connectivity index (χ1) is 7.56. The fourth-order valence-corrected chi connectivity index (χ4v) is 2.01. The van der Waals surface area contributed by atoms with Gasteiger partial charge in [-0.2, -0.15) is 0 Å². The van der Waals surface area contributed by atoms with E-state index in [2.05, 4.69) is 22.9 Å². The number of rotatable bonds is 0. The van der Waals surface area contributed by atoms with Crippen LogP contribution in [0.15, 0.2) is 18.3 Å². The normalized spacial score (nSPS) is 19.6. The zero-order valence-corrected chi connectivity index (χ0v) is 9.83. The molecule has 1 aromatic rings. The summed E-state index contributed by atoms with van der Waals surface area (Å²) in [6.45, 7) is 3.42. The molecule has 1 atom stereocenters. The molecule has 0 radical (unpaired) electrons. The topological polar surface area (TPSA) is 33.1 Å². The van der Waals surface area contributed by atoms with E-state index in [-0.39, 0.29) is 5.92 Å². The second kappa shape index (κ2) is 4.27. The van der Waals surface area contributed by atoms with Crippen molar-refractivity contribution in [3.05, 3.63) is 29.6 Å². The monoisotopic (exact) mass is 215 g/mol. The Labute approximate surface area is 96.7 Å². The maximum absolute atomic E-state index is 9.60. The fourth-order valence-electron chi connectivity index (χ4n) is 2.01. The van der Waals surface area contributed by atoms with Gasteiger partial charge in [0.15, 0.2) is 0 Å². The van der Waals surface area contributed by atoms with E-state index in [1.54, 1.807) is 13.8 Å². The molecule has 0 fully saturated rings. The fraction of sp³-hybridized carbons (Fsp3) is 0.500. The molecule has 2 nitrogen and oxygen atoms in total. The van der Waals surface area contributed by atoms with Gasteiger partial charge in [0.05, 0.1) is 11.6 Å². The Hall–Kier alpha value is -1.33. The summed E-state index contributed by atoms with van der Waals surface area (Å²) in [5.74, 6) is 6.24. The van der Waals surface area contributed by atoms with Crippen LogP contribution in [0.2, 0.25) is 0 Å². The lowest BCUT2D eigenvalue weighted by atomic mass is 9.86. The molecule has 16 heavy (non-hydrogen) atoms. The van der Waals surface area contributed by atoms with Crippen LogP contribution in [-0.2, 0) is 6.42 Å². The van der Waals surface area contributed by atoms with Crippen LogP contribution in [0.5, 0.6) is 0 Å². The number of aryl methyl sites for hydroxylation is 1. The van der Waals surface area contributed by atoms with E-state index in [1.165, 1.54) is 5.56 Å². The van der Waals surface area contributed by atoms with E-state index in [0.29, 0.717) is 0 Å². The molecule has 0 aromatic carbocycles. The molecule has 2 rings (SSSR count). The molecule has 0 saturated carbocycles. The molecule has 0 amide bonds. The van der Waals surface area contributed by atoms with Crippen LogP contribution in [-0.4, -0.2) is 15.7 Å². The number of aromatic nitrogens is 1. The van der Waals surface area contributed by atoms with Gasteiger partial charge in [-0.15, -0.1) is 0 Å². The van der Waals surface area contributed by atoms with Crippen LogP contribution in [0.3, 0.4) is 0 Å². The minimum Gasteiger partial charge on any atom is -0.378 e. The summed E-state index contributed by atoms with van der Waals surface area (Å²) in [7, 11) is 0. The van der Waals surface area contributed by atoms with E-state index < -0.39 is 5.60 Å². The van der Waals surface area contributed by atoms with Gasteiger partial charge in [0.25, 0.3) is 0 Å². The molecule has 84 valence electrons. The SMILES string of the molecule is CC(C)(O)C#CC1CCCc2cccnc21. The number of fused-ring (bicyclic) bond motifs is 1. The maximum Gasteiger partial charge on any atom is 0.119 e. The molecular formula is C14H17NO. The number of aliphatic hydroxyl groups is 1. The molecule has 0 spiro atoms. The van der Waals surface area contributed by atoms with Gasteiger partial charge in [-0.3, -0.25) is 4.98 Å². The van der Waals surface area contributed by atoms with Gasteiger partial charge in [-0.25, -0.2) is 0 Å². The summed E-state index contributed by atoms with van der Waals surface area (Å²) in [6, 6.07) is 4.10. The average molecular weight is 215 g/mol. The first kappa shape index (κ1) is 11.2. The Balaban J connectivity index is 2.28. The van der Waals surface area contributed by atoms with E-state index in [9.17, 15) is 5.11 Å². The van der Waals surface area contributed by atoms with Gasteiger partial charge in [0, 0.05) is 6.20 Å². The zero-order valence-electron chi connectivity index (χ0n) is 9.83. The largest absolute Gasteiger partial charge is 0.378 e. The van der Waals surface area contributed by atoms with Crippen molar-refractivity contribution in [1.29, 1.82) is 0 Å². The first-order valence-electron chi connectivity index (χ1n) is 5.75. The van der Waals surface area contributed by atoms with Crippen molar-refractivity contribution >= 4 is 0 Å². The summed E-state index contributed by atoms with van der Waals surface area (Å²) < 4.78 is 0. The number of pyridine rings is 1. The lowest BCUT2D eigenvalue weighted by Gasteiger charge is -2.20. The predicted molar refractivity (Wildman–Crippen MR) is 64.0 cm³/mol. The molecule has 1 aliphatic rings. The van der Waals surface area contributed by atoms with Crippen LogP contribution in [0.4, 0.5) is 0 Å². The smallest absolute Gasteiger partial charge is 0.119 e. The highest BCUT2D eigenvalue weighted by molar-refractivity contribution is 5.33. The third-order valence-corrected chi connectivity index (χ3v) is 2.75. The average Bonchev–Trinajstić information content (AvgIpc) is 2.25. The number of hydrogen-bond donors (Lipinski definition) is 1. The predicted octanol–water partition coefficient (Wildman–Crippen LogP) is 2.28. The molecule has 0 bridgehead atoms. The van der Waals surface area contributed by atoms with Gasteiger partial charge < -0.3 is 5.11 Å². The van der Waals surface area contributed by atoms with Crippen molar-refractivity contribution in [1.82, 2.24) is 4.98 Å². The highest BCUT2D eigenvalue weighted by Crippen LogP contribution is 2.29. The van der Waals surface area contributed by atoms with E-state index in [0.717, 1.165) is 25.0 Å². The Kier molecular flexibility index (Phi) is 2.98. The second-order valence-electron chi connectivity index (χ2n) is 4.82. The summed E-state index contributed by atoms with van der Waals surface area (Å²) in [5, 5.41) is 9.60. The van der Waals surface area contributed by atoms with Crippen LogP contribution in [0.25, 0.3) is 0 Å². The lowest BCUT2D eigenvalue weighted by molar-refractivity contribution is 0.143. The zero-order chi connectivity index (χ0) is 11.6. The van der Waals surface area contributed by atoms with Gasteiger partial charge in [-0.1, -0.05) is 17.9 Å². The minimum absolute atomic E-state index is 0.191. The van der Waals surface area contributed by atoms with Crippen LogP contribution in [0, 0.1) is 11.8 Å². The number of nitrogens with zero attached hydrogens (tertiary/aromatic N) is 1. The van der Waals surface area contributed by atoms with Crippen molar-refractivity contribution in [3.63, 3.8) is 0 Å². The summed E-state index contributed by atoms with van der Waals surface area (Å²) in [4.78, 5) is 4.42. The van der Waals surface area contributed by atoms with Gasteiger partial charge in [0.2, 0.25) is 0 Å². The quantitative estimate of drug-likeness (QED) is 0.673. The van der Waals surface area contributed by atoms with E-state index >= 15 is 0 Å². The Morgan fingerprint density at radius 3 is 3.06 bits per heavy atom. The number of hydrogen-bond acceptors (Lipinski definition) is 2. The Bertz CT molecular complexity index is 434. The molecule has 0 saturated heterocycles.